The molecule has 0 rings (SSSR count). The highest BCUT2D eigenvalue weighted by Gasteiger charge is 2.14. The van der Waals surface area contributed by atoms with Gasteiger partial charge < -0.3 is 9.59 Å². The number of Topliss-reactive ketones (excluding diaryl/α,β-unsaturated/α-hetero) is 5. The summed E-state index contributed by atoms with van der Waals surface area (Å²) in [5.41, 5.74) is 0. The van der Waals surface area contributed by atoms with Crippen LogP contribution in [0.5, 0.6) is 0 Å². The summed E-state index contributed by atoms with van der Waals surface area (Å²) in [6, 6.07) is 0. The molecule has 0 saturated heterocycles. The molecule has 0 saturated carbocycles. The molecule has 0 atom stereocenters. The maximum Gasteiger partial charge on any atom is 0.147 e. The maximum absolute atomic E-state index is 11.3. The third-order valence-corrected chi connectivity index (χ3v) is 2.30. The molecule has 0 radical (unpaired) electrons. The molecule has 0 aliphatic heterocycles. The lowest BCUT2D eigenvalue weighted by Gasteiger charge is -2.00. The van der Waals surface area contributed by atoms with Gasteiger partial charge in [0.25, 0.3) is 0 Å². The van der Waals surface area contributed by atoms with Gasteiger partial charge >= 0.3 is 0 Å². The Balaban J connectivity index is 3.89. The molecule has 0 N–H and O–H groups in total. The number of rotatable bonds is 10. The van der Waals surface area contributed by atoms with E-state index in [1.165, 1.54) is 13.8 Å². The van der Waals surface area contributed by atoms with Crippen LogP contribution in [0.25, 0.3) is 0 Å². The Bertz CT molecular complexity index is 334. The molecular weight excluding hydrogens is 236 g/mol. The lowest BCUT2D eigenvalue weighted by molar-refractivity contribution is -0.131. The van der Waals surface area contributed by atoms with Crippen LogP contribution in [0, 0.1) is 0 Å². The van der Waals surface area contributed by atoms with Crippen molar-refractivity contribution in [2.45, 2.75) is 52.4 Å². The van der Waals surface area contributed by atoms with E-state index in [-0.39, 0.29) is 61.7 Å². The van der Waals surface area contributed by atoms with Gasteiger partial charge in [0, 0.05) is 25.7 Å². The summed E-state index contributed by atoms with van der Waals surface area (Å²) >= 11 is 0. The van der Waals surface area contributed by atoms with Crippen molar-refractivity contribution in [3.8, 4) is 0 Å². The van der Waals surface area contributed by atoms with E-state index in [1.54, 1.807) is 0 Å². The summed E-state index contributed by atoms with van der Waals surface area (Å²) in [7, 11) is 0. The summed E-state index contributed by atoms with van der Waals surface area (Å²) in [5, 5.41) is 0. The summed E-state index contributed by atoms with van der Waals surface area (Å²) in [6.07, 6.45) is -0.265. The van der Waals surface area contributed by atoms with E-state index in [0.717, 1.165) is 0 Å². The van der Waals surface area contributed by atoms with Gasteiger partial charge in [-0.3, -0.25) is 14.4 Å². The second-order valence-corrected chi connectivity index (χ2v) is 4.37. The Morgan fingerprint density at radius 3 is 1.17 bits per heavy atom. The number of ketones is 5. The van der Waals surface area contributed by atoms with Crippen molar-refractivity contribution in [2.75, 3.05) is 0 Å². The summed E-state index contributed by atoms with van der Waals surface area (Å²) in [4.78, 5) is 55.2. The molecule has 5 nitrogen and oxygen atoms in total. The zero-order valence-corrected chi connectivity index (χ0v) is 10.8. The zero-order chi connectivity index (χ0) is 14.1. The standard InChI is InChI=1S/C13H18O5/c1-9(14)3-5-11(16)7-13(18)8-12(17)6-4-10(2)15/h3-8H2,1-2H3. The second kappa shape index (κ2) is 8.44. The predicted molar refractivity (Wildman–Crippen MR) is 64.1 cm³/mol. The zero-order valence-electron chi connectivity index (χ0n) is 10.8. The molecule has 0 heterocycles. The van der Waals surface area contributed by atoms with Crippen LogP contribution in [0.2, 0.25) is 0 Å². The third kappa shape index (κ3) is 9.57. The van der Waals surface area contributed by atoms with Gasteiger partial charge in [-0.1, -0.05) is 0 Å². The Labute approximate surface area is 106 Å². The van der Waals surface area contributed by atoms with E-state index in [2.05, 4.69) is 0 Å². The van der Waals surface area contributed by atoms with Crippen LogP contribution >= 0.6 is 0 Å². The SMILES string of the molecule is CC(=O)CCC(=O)CC(=O)CC(=O)CCC(C)=O. The molecule has 0 unspecified atom stereocenters. The van der Waals surface area contributed by atoms with Gasteiger partial charge in [-0.15, -0.1) is 0 Å². The highest BCUT2D eigenvalue weighted by atomic mass is 16.2. The maximum atomic E-state index is 11.3. The third-order valence-electron chi connectivity index (χ3n) is 2.30. The number of hydrogen-bond donors (Lipinski definition) is 0. The van der Waals surface area contributed by atoms with Crippen LogP contribution in [0.3, 0.4) is 0 Å². The molecule has 0 aromatic rings. The first-order chi connectivity index (χ1) is 8.31. The van der Waals surface area contributed by atoms with Gasteiger partial charge in [-0.05, 0) is 13.8 Å². The van der Waals surface area contributed by atoms with Crippen molar-refractivity contribution in [2.24, 2.45) is 0 Å². The lowest BCUT2D eigenvalue weighted by Crippen LogP contribution is -2.13. The fourth-order valence-electron chi connectivity index (χ4n) is 1.31. The largest absolute Gasteiger partial charge is 0.300 e. The van der Waals surface area contributed by atoms with Gasteiger partial charge in [0.15, 0.2) is 0 Å². The first-order valence-corrected chi connectivity index (χ1v) is 5.85. The van der Waals surface area contributed by atoms with Gasteiger partial charge in [-0.25, -0.2) is 0 Å². The molecular formula is C13H18O5. The first kappa shape index (κ1) is 16.4. The fourth-order valence-corrected chi connectivity index (χ4v) is 1.31. The quantitative estimate of drug-likeness (QED) is 0.547. The first-order valence-electron chi connectivity index (χ1n) is 5.85. The predicted octanol–water partition coefficient (Wildman–Crippen LogP) is 1.21. The van der Waals surface area contributed by atoms with Gasteiger partial charge in [-0.2, -0.15) is 0 Å². The van der Waals surface area contributed by atoms with E-state index in [9.17, 15) is 24.0 Å². The van der Waals surface area contributed by atoms with Gasteiger partial charge in [0.05, 0.1) is 12.8 Å². The highest BCUT2D eigenvalue weighted by molar-refractivity contribution is 6.07. The molecule has 5 heteroatoms. The molecule has 100 valence electrons. The number of carbonyl (C=O) groups excluding carboxylic acids is 5. The Kier molecular flexibility index (Phi) is 7.67. The molecule has 0 amide bonds. The minimum atomic E-state index is -0.447. The minimum Gasteiger partial charge on any atom is -0.300 e. The molecule has 18 heavy (non-hydrogen) atoms. The van der Waals surface area contributed by atoms with E-state index in [4.69, 9.17) is 0 Å². The molecule has 0 fully saturated rings. The average molecular weight is 254 g/mol. The van der Waals surface area contributed by atoms with Gasteiger partial charge in [0.1, 0.15) is 28.9 Å². The van der Waals surface area contributed by atoms with Crippen molar-refractivity contribution < 1.29 is 24.0 Å². The van der Waals surface area contributed by atoms with Crippen molar-refractivity contribution in [3.05, 3.63) is 0 Å². The molecule has 0 aliphatic rings. The van der Waals surface area contributed by atoms with Crippen molar-refractivity contribution in [1.82, 2.24) is 0 Å². The summed E-state index contributed by atoms with van der Waals surface area (Å²) < 4.78 is 0. The minimum absolute atomic E-state index is 0.0444. The summed E-state index contributed by atoms with van der Waals surface area (Å²) in [5.74, 6) is -1.30. The van der Waals surface area contributed by atoms with E-state index in [0.29, 0.717) is 0 Å². The second-order valence-electron chi connectivity index (χ2n) is 4.37. The van der Waals surface area contributed by atoms with E-state index >= 15 is 0 Å². The molecule has 0 aliphatic carbocycles. The van der Waals surface area contributed by atoms with Gasteiger partial charge in [0.2, 0.25) is 0 Å². The molecule has 0 aromatic heterocycles. The molecule has 0 bridgehead atoms. The summed E-state index contributed by atoms with van der Waals surface area (Å²) in [6.45, 7) is 2.75. The molecule has 0 spiro atoms. The average Bonchev–Trinajstić information content (AvgIpc) is 2.23. The highest BCUT2D eigenvalue weighted by Crippen LogP contribution is 2.03. The normalized spacial score (nSPS) is 9.89. The monoisotopic (exact) mass is 254 g/mol. The Hall–Kier alpha value is -1.65. The lowest BCUT2D eigenvalue weighted by atomic mass is 10.0. The fraction of sp³-hybridized carbons (Fsp3) is 0.615. The number of carbonyl (C=O) groups is 5. The molecule has 0 aromatic carbocycles. The smallest absolute Gasteiger partial charge is 0.147 e. The number of hydrogen-bond acceptors (Lipinski definition) is 5. The van der Waals surface area contributed by atoms with Crippen molar-refractivity contribution in [3.63, 3.8) is 0 Å². The topological polar surface area (TPSA) is 85.3 Å². The van der Waals surface area contributed by atoms with Crippen LogP contribution in [-0.4, -0.2) is 28.9 Å². The van der Waals surface area contributed by atoms with Crippen LogP contribution in [0.1, 0.15) is 52.4 Å². The van der Waals surface area contributed by atoms with Crippen molar-refractivity contribution in [1.29, 1.82) is 0 Å². The van der Waals surface area contributed by atoms with Crippen LogP contribution < -0.4 is 0 Å². The Morgan fingerprint density at radius 1 is 0.556 bits per heavy atom. The van der Waals surface area contributed by atoms with Crippen LogP contribution in [-0.2, 0) is 24.0 Å². The van der Waals surface area contributed by atoms with E-state index in [1.807, 2.05) is 0 Å². The van der Waals surface area contributed by atoms with Crippen LogP contribution in [0.15, 0.2) is 0 Å². The Morgan fingerprint density at radius 2 is 0.889 bits per heavy atom. The van der Waals surface area contributed by atoms with E-state index < -0.39 is 5.78 Å². The van der Waals surface area contributed by atoms with Crippen molar-refractivity contribution >= 4 is 28.9 Å². The van der Waals surface area contributed by atoms with Crippen LogP contribution in [0.4, 0.5) is 0 Å².